The van der Waals surface area contributed by atoms with E-state index in [1.165, 1.54) is 16.4 Å². The summed E-state index contributed by atoms with van der Waals surface area (Å²) in [6.45, 7) is 2.38. The number of rotatable bonds is 9. The largest absolute Gasteiger partial charge is 0.286 e. The quantitative estimate of drug-likeness (QED) is 0.591. The van der Waals surface area contributed by atoms with Gasteiger partial charge in [-0.2, -0.15) is 5.10 Å². The number of halogens is 2. The number of hydrogen-bond donors (Lipinski definition) is 0. The highest BCUT2D eigenvalue weighted by atomic mass is 35.5. The van der Waals surface area contributed by atoms with Gasteiger partial charge in [-0.1, -0.05) is 49.2 Å². The minimum Gasteiger partial charge on any atom is -0.266 e. The van der Waals surface area contributed by atoms with E-state index in [0.717, 1.165) is 30.4 Å². The lowest BCUT2D eigenvalue weighted by Gasteiger charge is -2.08. The van der Waals surface area contributed by atoms with Crippen LogP contribution in [0, 0.1) is 0 Å². The summed E-state index contributed by atoms with van der Waals surface area (Å²) in [4.78, 5) is 12.9. The topological polar surface area (TPSA) is 34.9 Å². The third kappa shape index (κ3) is 5.35. The first kappa shape index (κ1) is 19.0. The highest BCUT2D eigenvalue weighted by molar-refractivity contribution is 7.98. The standard InChI is InChI=1S/C18H22ClFN2OS/c1-2-3-11-22-18(23)17(19)16(12-21-22)24-13-15-8-6-14(7-9-15)5-4-10-20/h6-9,12H,2-5,10-11,13H2,1H3. The minimum atomic E-state index is -0.285. The molecule has 0 atom stereocenters. The van der Waals surface area contributed by atoms with Crippen molar-refractivity contribution in [1.82, 2.24) is 9.78 Å². The van der Waals surface area contributed by atoms with E-state index < -0.39 is 0 Å². The maximum Gasteiger partial charge on any atom is 0.286 e. The van der Waals surface area contributed by atoms with Gasteiger partial charge in [-0.05, 0) is 30.4 Å². The van der Waals surface area contributed by atoms with Gasteiger partial charge in [0.1, 0.15) is 5.02 Å². The van der Waals surface area contributed by atoms with Gasteiger partial charge >= 0.3 is 0 Å². The molecule has 3 nitrogen and oxygen atoms in total. The van der Waals surface area contributed by atoms with Crippen LogP contribution in [-0.2, 0) is 18.7 Å². The van der Waals surface area contributed by atoms with Crippen LogP contribution < -0.4 is 5.56 Å². The molecule has 2 aromatic rings. The van der Waals surface area contributed by atoms with Gasteiger partial charge in [0.05, 0.1) is 17.8 Å². The van der Waals surface area contributed by atoms with Gasteiger partial charge in [-0.15, -0.1) is 11.8 Å². The van der Waals surface area contributed by atoms with E-state index in [1.54, 1.807) is 6.20 Å². The zero-order valence-electron chi connectivity index (χ0n) is 13.8. The number of aromatic nitrogens is 2. The molecular formula is C18H22ClFN2OS. The minimum absolute atomic E-state index is 0.225. The molecule has 0 saturated heterocycles. The van der Waals surface area contributed by atoms with Gasteiger partial charge in [0.15, 0.2) is 0 Å². The van der Waals surface area contributed by atoms with Crippen LogP contribution in [0.1, 0.15) is 37.3 Å². The molecule has 0 fully saturated rings. The molecule has 0 N–H and O–H groups in total. The second kappa shape index (κ2) is 9.84. The van der Waals surface area contributed by atoms with Gasteiger partial charge in [-0.25, -0.2) is 4.68 Å². The Morgan fingerprint density at radius 2 is 1.92 bits per heavy atom. The summed E-state index contributed by atoms with van der Waals surface area (Å²) in [7, 11) is 0. The lowest BCUT2D eigenvalue weighted by Crippen LogP contribution is -2.23. The maximum absolute atomic E-state index is 12.2. The number of alkyl halides is 1. The van der Waals surface area contributed by atoms with E-state index in [-0.39, 0.29) is 17.3 Å². The molecule has 2 rings (SSSR count). The molecule has 24 heavy (non-hydrogen) atoms. The Bertz CT molecular complexity index is 703. The van der Waals surface area contributed by atoms with Crippen LogP contribution >= 0.6 is 23.4 Å². The summed E-state index contributed by atoms with van der Waals surface area (Å²) < 4.78 is 13.6. The number of hydrogen-bond acceptors (Lipinski definition) is 3. The number of nitrogens with zero attached hydrogens (tertiary/aromatic N) is 2. The summed E-state index contributed by atoms with van der Waals surface area (Å²) in [5.74, 6) is 0.712. The third-order valence-corrected chi connectivity index (χ3v) is 5.27. The second-order valence-corrected chi connectivity index (χ2v) is 7.00. The van der Waals surface area contributed by atoms with Crippen molar-refractivity contribution < 1.29 is 4.39 Å². The predicted octanol–water partition coefficient (Wildman–Crippen LogP) is 4.89. The molecule has 1 aromatic heterocycles. The molecule has 1 aromatic carbocycles. The number of aryl methyl sites for hydroxylation is 2. The van der Waals surface area contributed by atoms with E-state index in [9.17, 15) is 9.18 Å². The summed E-state index contributed by atoms with van der Waals surface area (Å²) in [5, 5.41) is 4.44. The first-order valence-corrected chi connectivity index (χ1v) is 9.54. The average molecular weight is 369 g/mol. The molecule has 0 spiro atoms. The molecule has 0 aliphatic heterocycles. The van der Waals surface area contributed by atoms with Crippen LogP contribution in [0.2, 0.25) is 5.02 Å². The lowest BCUT2D eigenvalue weighted by atomic mass is 10.1. The van der Waals surface area contributed by atoms with E-state index in [1.807, 2.05) is 24.3 Å². The van der Waals surface area contributed by atoms with Gasteiger partial charge < -0.3 is 0 Å². The van der Waals surface area contributed by atoms with Crippen LogP contribution in [0.4, 0.5) is 4.39 Å². The molecule has 130 valence electrons. The van der Waals surface area contributed by atoms with Crippen molar-refractivity contribution in [3.8, 4) is 0 Å². The summed E-state index contributed by atoms with van der Waals surface area (Å²) in [6, 6.07) is 8.11. The van der Waals surface area contributed by atoms with Gasteiger partial charge in [0, 0.05) is 12.3 Å². The fourth-order valence-corrected chi connectivity index (χ4v) is 3.41. The molecule has 0 radical (unpaired) electrons. The average Bonchev–Trinajstić information content (AvgIpc) is 2.61. The Morgan fingerprint density at radius 1 is 1.21 bits per heavy atom. The highest BCUT2D eigenvalue weighted by Crippen LogP contribution is 2.26. The van der Waals surface area contributed by atoms with Crippen molar-refractivity contribution in [2.24, 2.45) is 0 Å². The predicted molar refractivity (Wildman–Crippen MR) is 98.7 cm³/mol. The molecule has 1 heterocycles. The molecule has 0 aliphatic rings. The smallest absolute Gasteiger partial charge is 0.266 e. The van der Waals surface area contributed by atoms with Crippen molar-refractivity contribution in [3.63, 3.8) is 0 Å². The third-order valence-electron chi connectivity index (χ3n) is 3.69. The number of unbranched alkanes of at least 4 members (excludes halogenated alkanes) is 1. The van der Waals surface area contributed by atoms with Crippen molar-refractivity contribution in [1.29, 1.82) is 0 Å². The molecule has 0 saturated carbocycles. The van der Waals surface area contributed by atoms with Crippen molar-refractivity contribution in [2.75, 3.05) is 6.67 Å². The zero-order chi connectivity index (χ0) is 17.4. The van der Waals surface area contributed by atoms with E-state index in [0.29, 0.717) is 23.6 Å². The SMILES string of the molecule is CCCCn1ncc(SCc2ccc(CCCF)cc2)c(Cl)c1=O. The van der Waals surface area contributed by atoms with E-state index in [2.05, 4.69) is 12.0 Å². The number of thioether (sulfide) groups is 1. The van der Waals surface area contributed by atoms with Crippen molar-refractivity contribution in [2.45, 2.75) is 49.8 Å². The molecular weight excluding hydrogens is 347 g/mol. The van der Waals surface area contributed by atoms with Crippen molar-refractivity contribution >= 4 is 23.4 Å². The molecule has 0 amide bonds. The van der Waals surface area contributed by atoms with Crippen LogP contribution in [-0.4, -0.2) is 16.5 Å². The van der Waals surface area contributed by atoms with E-state index >= 15 is 0 Å². The van der Waals surface area contributed by atoms with Crippen LogP contribution in [0.15, 0.2) is 40.2 Å². The molecule has 0 bridgehead atoms. The van der Waals surface area contributed by atoms with Crippen LogP contribution in [0.5, 0.6) is 0 Å². The Labute approximate surface area is 151 Å². The summed E-state index contributed by atoms with van der Waals surface area (Å²) in [6.07, 6.45) is 4.90. The second-order valence-electron chi connectivity index (χ2n) is 5.60. The normalized spacial score (nSPS) is 11.0. The Morgan fingerprint density at radius 3 is 2.58 bits per heavy atom. The zero-order valence-corrected chi connectivity index (χ0v) is 15.4. The highest BCUT2D eigenvalue weighted by Gasteiger charge is 2.10. The fraction of sp³-hybridized carbons (Fsp3) is 0.444. The molecule has 6 heteroatoms. The monoisotopic (exact) mass is 368 g/mol. The fourth-order valence-electron chi connectivity index (χ4n) is 2.25. The Kier molecular flexibility index (Phi) is 7.79. The van der Waals surface area contributed by atoms with Gasteiger partial charge in [-0.3, -0.25) is 9.18 Å². The molecule has 0 unspecified atom stereocenters. The molecule has 0 aliphatic carbocycles. The lowest BCUT2D eigenvalue weighted by molar-refractivity contribution is 0.473. The Balaban J connectivity index is 1.99. The first-order valence-electron chi connectivity index (χ1n) is 8.18. The van der Waals surface area contributed by atoms with Crippen LogP contribution in [0.25, 0.3) is 0 Å². The van der Waals surface area contributed by atoms with Gasteiger partial charge in [0.2, 0.25) is 0 Å². The van der Waals surface area contributed by atoms with Gasteiger partial charge in [0.25, 0.3) is 5.56 Å². The summed E-state index contributed by atoms with van der Waals surface area (Å²) in [5.41, 5.74) is 2.05. The summed E-state index contributed by atoms with van der Waals surface area (Å²) >= 11 is 7.70. The first-order chi connectivity index (χ1) is 11.7. The van der Waals surface area contributed by atoms with Crippen LogP contribution in [0.3, 0.4) is 0 Å². The van der Waals surface area contributed by atoms with E-state index in [4.69, 9.17) is 11.6 Å². The number of benzene rings is 1. The Hall–Kier alpha value is -1.33. The van der Waals surface area contributed by atoms with Crippen molar-refractivity contribution in [3.05, 3.63) is 57.0 Å². The maximum atomic E-state index is 12.2.